The van der Waals surface area contributed by atoms with E-state index >= 15 is 0 Å². The van der Waals surface area contributed by atoms with Crippen LogP contribution in [0.4, 0.5) is 0 Å². The maximum absolute atomic E-state index is 12.1. The summed E-state index contributed by atoms with van der Waals surface area (Å²) in [6.07, 6.45) is 0. The first kappa shape index (κ1) is 21.3. The van der Waals surface area contributed by atoms with E-state index in [1.807, 2.05) is 61.7 Å². The third-order valence-corrected chi connectivity index (χ3v) is 5.77. The van der Waals surface area contributed by atoms with Crippen LogP contribution in [-0.2, 0) is 15.3 Å². The van der Waals surface area contributed by atoms with Gasteiger partial charge < -0.3 is 4.74 Å². The van der Waals surface area contributed by atoms with Gasteiger partial charge in [0.25, 0.3) is 0 Å². The van der Waals surface area contributed by atoms with Crippen molar-refractivity contribution < 1.29 is 9.53 Å². The van der Waals surface area contributed by atoms with Gasteiger partial charge in [-0.3, -0.25) is 9.36 Å². The van der Waals surface area contributed by atoms with E-state index in [0.29, 0.717) is 22.7 Å². The molecule has 0 spiro atoms. The highest BCUT2D eigenvalue weighted by atomic mass is 32.2. The molecule has 0 saturated carbocycles. The number of hydrogen-bond donors (Lipinski definition) is 0. The van der Waals surface area contributed by atoms with E-state index in [-0.39, 0.29) is 11.2 Å². The molecule has 29 heavy (non-hydrogen) atoms. The number of carbonyl (C=O) groups excluding carboxylic acids is 1. The van der Waals surface area contributed by atoms with Gasteiger partial charge in [-0.2, -0.15) is 0 Å². The lowest BCUT2D eigenvalue weighted by molar-refractivity contribution is -0.142. The van der Waals surface area contributed by atoms with Gasteiger partial charge in [0.05, 0.1) is 12.4 Å². The molecule has 0 N–H and O–H groups in total. The Kier molecular flexibility index (Phi) is 7.27. The standard InChI is InChI=1S/C20H23N5O2S2/c1-5-27-18(26)15(4)29-20-24-23-17(25(20)16-9-7-6-8-10-16)12-28-19-21-13(2)11-14(3)22-19/h6-11,15H,5,12H2,1-4H3/t15-/m0/s1. The van der Waals surface area contributed by atoms with Crippen molar-refractivity contribution in [2.75, 3.05) is 6.61 Å². The van der Waals surface area contributed by atoms with Crippen molar-refractivity contribution in [1.82, 2.24) is 24.7 Å². The third kappa shape index (κ3) is 5.57. The molecule has 0 aliphatic rings. The fourth-order valence-corrected chi connectivity index (χ4v) is 4.41. The zero-order valence-corrected chi connectivity index (χ0v) is 18.5. The lowest BCUT2D eigenvalue weighted by Crippen LogP contribution is -2.17. The normalized spacial score (nSPS) is 12.0. The second-order valence-electron chi connectivity index (χ2n) is 6.30. The molecule has 2 aromatic heterocycles. The van der Waals surface area contributed by atoms with Crippen LogP contribution in [0.2, 0.25) is 0 Å². The van der Waals surface area contributed by atoms with Gasteiger partial charge in [-0.1, -0.05) is 41.7 Å². The van der Waals surface area contributed by atoms with Crippen molar-refractivity contribution >= 4 is 29.5 Å². The van der Waals surface area contributed by atoms with Gasteiger partial charge in [0.15, 0.2) is 10.3 Å². The number of hydrogen-bond acceptors (Lipinski definition) is 8. The number of ether oxygens (including phenoxy) is 1. The Morgan fingerprint density at radius 3 is 2.48 bits per heavy atom. The van der Waals surface area contributed by atoms with Crippen LogP contribution in [0.1, 0.15) is 31.1 Å². The van der Waals surface area contributed by atoms with Crippen LogP contribution in [0.25, 0.3) is 5.69 Å². The number of thioether (sulfide) groups is 2. The highest BCUT2D eigenvalue weighted by Crippen LogP contribution is 2.28. The Balaban J connectivity index is 1.87. The van der Waals surface area contributed by atoms with Crippen LogP contribution in [0.15, 0.2) is 46.7 Å². The lowest BCUT2D eigenvalue weighted by atomic mass is 10.3. The van der Waals surface area contributed by atoms with Crippen molar-refractivity contribution in [3.05, 3.63) is 53.6 Å². The van der Waals surface area contributed by atoms with E-state index in [4.69, 9.17) is 4.74 Å². The number of benzene rings is 1. The van der Waals surface area contributed by atoms with Crippen LogP contribution < -0.4 is 0 Å². The molecule has 0 bridgehead atoms. The van der Waals surface area contributed by atoms with Crippen LogP contribution >= 0.6 is 23.5 Å². The highest BCUT2D eigenvalue weighted by molar-refractivity contribution is 8.00. The number of para-hydroxylation sites is 1. The Labute approximate surface area is 178 Å². The van der Waals surface area contributed by atoms with Crippen molar-refractivity contribution in [3.63, 3.8) is 0 Å². The van der Waals surface area contributed by atoms with Gasteiger partial charge in [0, 0.05) is 17.1 Å². The number of nitrogens with zero attached hydrogens (tertiary/aromatic N) is 5. The van der Waals surface area contributed by atoms with Crippen LogP contribution in [-0.4, -0.2) is 42.6 Å². The fourth-order valence-electron chi connectivity index (χ4n) is 2.66. The number of esters is 1. The van der Waals surface area contributed by atoms with Crippen LogP contribution in [0.3, 0.4) is 0 Å². The molecule has 3 rings (SSSR count). The summed E-state index contributed by atoms with van der Waals surface area (Å²) < 4.78 is 7.09. The van der Waals surface area contributed by atoms with Gasteiger partial charge in [-0.15, -0.1) is 10.2 Å². The first-order valence-electron chi connectivity index (χ1n) is 9.26. The minimum absolute atomic E-state index is 0.264. The van der Waals surface area contributed by atoms with E-state index in [1.54, 1.807) is 6.92 Å². The summed E-state index contributed by atoms with van der Waals surface area (Å²) in [7, 11) is 0. The second kappa shape index (κ2) is 9.89. The average molecular weight is 430 g/mol. The molecule has 1 aromatic carbocycles. The number of rotatable bonds is 8. The minimum Gasteiger partial charge on any atom is -0.465 e. The molecule has 7 nitrogen and oxygen atoms in total. The lowest BCUT2D eigenvalue weighted by Gasteiger charge is -2.13. The number of carbonyl (C=O) groups is 1. The van der Waals surface area contributed by atoms with E-state index in [1.165, 1.54) is 23.5 Å². The Bertz CT molecular complexity index is 958. The highest BCUT2D eigenvalue weighted by Gasteiger charge is 2.22. The molecular weight excluding hydrogens is 406 g/mol. The summed E-state index contributed by atoms with van der Waals surface area (Å²) >= 11 is 2.85. The Morgan fingerprint density at radius 1 is 1.14 bits per heavy atom. The molecule has 0 saturated heterocycles. The summed E-state index contributed by atoms with van der Waals surface area (Å²) in [5.74, 6) is 1.06. The zero-order valence-electron chi connectivity index (χ0n) is 16.8. The maximum atomic E-state index is 12.1. The summed E-state index contributed by atoms with van der Waals surface area (Å²) in [4.78, 5) is 21.0. The van der Waals surface area contributed by atoms with Crippen molar-refractivity contribution in [2.24, 2.45) is 0 Å². The van der Waals surface area contributed by atoms with Gasteiger partial charge in [-0.25, -0.2) is 9.97 Å². The van der Waals surface area contributed by atoms with Crippen LogP contribution in [0, 0.1) is 13.8 Å². The van der Waals surface area contributed by atoms with Crippen molar-refractivity contribution in [3.8, 4) is 5.69 Å². The Hall–Kier alpha value is -2.39. The first-order chi connectivity index (χ1) is 14.0. The summed E-state index contributed by atoms with van der Waals surface area (Å²) in [6.45, 7) is 7.87. The predicted molar refractivity (Wildman–Crippen MR) is 114 cm³/mol. The predicted octanol–water partition coefficient (Wildman–Crippen LogP) is 4.01. The first-order valence-corrected chi connectivity index (χ1v) is 11.1. The molecule has 0 unspecified atom stereocenters. The maximum Gasteiger partial charge on any atom is 0.319 e. The monoisotopic (exact) mass is 429 g/mol. The van der Waals surface area contributed by atoms with Crippen LogP contribution in [0.5, 0.6) is 0 Å². The largest absolute Gasteiger partial charge is 0.465 e. The topological polar surface area (TPSA) is 82.8 Å². The van der Waals surface area contributed by atoms with E-state index in [9.17, 15) is 4.79 Å². The molecule has 0 aliphatic carbocycles. The second-order valence-corrected chi connectivity index (χ2v) is 8.55. The van der Waals surface area contributed by atoms with Gasteiger partial charge in [0.2, 0.25) is 0 Å². The molecule has 3 aromatic rings. The Morgan fingerprint density at radius 2 is 1.83 bits per heavy atom. The van der Waals surface area contributed by atoms with Gasteiger partial charge in [0.1, 0.15) is 11.1 Å². The SMILES string of the molecule is CCOC(=O)[C@H](C)Sc1nnc(CSc2nc(C)cc(C)n2)n1-c1ccccc1. The smallest absolute Gasteiger partial charge is 0.319 e. The summed E-state index contributed by atoms with van der Waals surface area (Å²) in [5.41, 5.74) is 2.81. The van der Waals surface area contributed by atoms with E-state index in [0.717, 1.165) is 22.9 Å². The quantitative estimate of drug-likeness (QED) is 0.302. The molecule has 0 radical (unpaired) electrons. The molecule has 0 amide bonds. The molecular formula is C20H23N5O2S2. The number of aryl methyl sites for hydroxylation is 2. The summed E-state index contributed by atoms with van der Waals surface area (Å²) in [6, 6.07) is 11.8. The fraction of sp³-hybridized carbons (Fsp3) is 0.350. The minimum atomic E-state index is -0.384. The summed E-state index contributed by atoms with van der Waals surface area (Å²) in [5, 5.41) is 9.68. The number of aromatic nitrogens is 5. The van der Waals surface area contributed by atoms with E-state index in [2.05, 4.69) is 20.2 Å². The molecule has 9 heteroatoms. The van der Waals surface area contributed by atoms with Gasteiger partial charge >= 0.3 is 5.97 Å². The molecule has 0 aliphatic heterocycles. The van der Waals surface area contributed by atoms with Crippen molar-refractivity contribution in [1.29, 1.82) is 0 Å². The molecule has 0 fully saturated rings. The van der Waals surface area contributed by atoms with E-state index < -0.39 is 0 Å². The third-order valence-electron chi connectivity index (χ3n) is 3.91. The van der Waals surface area contributed by atoms with Gasteiger partial charge in [-0.05, 0) is 45.9 Å². The average Bonchev–Trinajstić information content (AvgIpc) is 3.09. The molecule has 2 heterocycles. The molecule has 1 atom stereocenters. The molecule has 152 valence electrons. The zero-order chi connectivity index (χ0) is 20.8. The van der Waals surface area contributed by atoms with Crippen molar-refractivity contribution in [2.45, 2.75) is 49.0 Å².